The molecule has 23 heavy (non-hydrogen) atoms. The third-order valence-corrected chi connectivity index (χ3v) is 4.15. The van der Waals surface area contributed by atoms with E-state index in [-0.39, 0.29) is 18.2 Å². The Kier molecular flexibility index (Phi) is 4.09. The number of nitrogens with one attached hydrogen (secondary N) is 1. The van der Waals surface area contributed by atoms with Gasteiger partial charge in [0.05, 0.1) is 12.1 Å². The molecular weight excluding hydrogens is 312 g/mol. The summed E-state index contributed by atoms with van der Waals surface area (Å²) in [5.41, 5.74) is 3.31. The molecule has 1 aliphatic heterocycles. The van der Waals surface area contributed by atoms with Crippen LogP contribution in [-0.4, -0.2) is 17.9 Å². The molecule has 0 saturated carbocycles. The number of carbonyl (C=O) groups is 2. The molecule has 0 spiro atoms. The van der Waals surface area contributed by atoms with E-state index in [4.69, 9.17) is 11.6 Å². The van der Waals surface area contributed by atoms with Gasteiger partial charge in [0.25, 0.3) is 5.91 Å². The lowest BCUT2D eigenvalue weighted by Gasteiger charge is -2.18. The highest BCUT2D eigenvalue weighted by molar-refractivity contribution is 6.30. The molecule has 2 aromatic carbocycles. The van der Waals surface area contributed by atoms with Gasteiger partial charge in [0.2, 0.25) is 5.91 Å². The van der Waals surface area contributed by atoms with Crippen molar-refractivity contribution in [2.75, 3.05) is 10.2 Å². The van der Waals surface area contributed by atoms with Crippen molar-refractivity contribution in [1.29, 1.82) is 0 Å². The number of rotatable bonds is 3. The molecular formula is C18H17ClN2O2. The van der Waals surface area contributed by atoms with Crippen LogP contribution in [0.25, 0.3) is 0 Å². The highest BCUT2D eigenvalue weighted by atomic mass is 35.5. The molecule has 2 amide bonds. The molecule has 1 saturated heterocycles. The van der Waals surface area contributed by atoms with Gasteiger partial charge < -0.3 is 5.32 Å². The average Bonchev–Trinajstić information content (AvgIpc) is 2.76. The van der Waals surface area contributed by atoms with Crippen LogP contribution in [0.2, 0.25) is 5.02 Å². The molecule has 0 unspecified atom stereocenters. The fourth-order valence-corrected chi connectivity index (χ4v) is 2.93. The second-order valence-corrected chi connectivity index (χ2v) is 6.21. The standard InChI is InChI=1S/C18H17ClN2O2/c1-11-6-7-12(2)16(8-11)21-17(22)10-15(18(21)23)20-14-5-3-4-13(19)9-14/h3-9,15,20H,10H2,1-2H3/t15-/m0/s1. The summed E-state index contributed by atoms with van der Waals surface area (Å²) in [6, 6.07) is 12.3. The van der Waals surface area contributed by atoms with Crippen molar-refractivity contribution in [3.63, 3.8) is 0 Å². The summed E-state index contributed by atoms with van der Waals surface area (Å²) in [6.45, 7) is 3.84. The van der Waals surface area contributed by atoms with Crippen molar-refractivity contribution in [1.82, 2.24) is 0 Å². The molecule has 0 aliphatic carbocycles. The van der Waals surface area contributed by atoms with Crippen LogP contribution >= 0.6 is 11.6 Å². The average molecular weight is 329 g/mol. The smallest absolute Gasteiger partial charge is 0.256 e. The molecule has 1 heterocycles. The number of aryl methyl sites for hydroxylation is 2. The maximum absolute atomic E-state index is 12.7. The van der Waals surface area contributed by atoms with Gasteiger partial charge in [-0.3, -0.25) is 9.59 Å². The Hall–Kier alpha value is -2.33. The zero-order chi connectivity index (χ0) is 16.6. The van der Waals surface area contributed by atoms with Crippen LogP contribution in [0.15, 0.2) is 42.5 Å². The first-order valence-corrected chi connectivity index (χ1v) is 7.79. The van der Waals surface area contributed by atoms with E-state index in [1.165, 1.54) is 4.90 Å². The van der Waals surface area contributed by atoms with Gasteiger partial charge in [0.1, 0.15) is 6.04 Å². The van der Waals surface area contributed by atoms with Crippen LogP contribution in [-0.2, 0) is 9.59 Å². The molecule has 0 bridgehead atoms. The quantitative estimate of drug-likeness (QED) is 0.874. The lowest BCUT2D eigenvalue weighted by Crippen LogP contribution is -2.35. The minimum absolute atomic E-state index is 0.138. The molecule has 5 heteroatoms. The zero-order valence-corrected chi connectivity index (χ0v) is 13.7. The summed E-state index contributed by atoms with van der Waals surface area (Å²) in [7, 11) is 0. The van der Waals surface area contributed by atoms with Gasteiger partial charge in [0.15, 0.2) is 0 Å². The van der Waals surface area contributed by atoms with Gasteiger partial charge >= 0.3 is 0 Å². The number of carbonyl (C=O) groups excluding carboxylic acids is 2. The molecule has 0 aromatic heterocycles. The van der Waals surface area contributed by atoms with E-state index in [2.05, 4.69) is 5.32 Å². The highest BCUT2D eigenvalue weighted by Crippen LogP contribution is 2.29. The zero-order valence-electron chi connectivity index (χ0n) is 13.0. The summed E-state index contributed by atoms with van der Waals surface area (Å²) in [5, 5.41) is 3.68. The largest absolute Gasteiger partial charge is 0.373 e. The van der Waals surface area contributed by atoms with Gasteiger partial charge in [0, 0.05) is 10.7 Å². The Morgan fingerprint density at radius 3 is 2.65 bits per heavy atom. The van der Waals surface area contributed by atoms with Crippen LogP contribution < -0.4 is 10.2 Å². The molecule has 1 aliphatic rings. The number of nitrogens with zero attached hydrogens (tertiary/aromatic N) is 1. The number of anilines is 2. The summed E-state index contributed by atoms with van der Waals surface area (Å²) in [5.74, 6) is -0.424. The number of benzene rings is 2. The number of amides is 2. The Morgan fingerprint density at radius 1 is 1.13 bits per heavy atom. The minimum atomic E-state index is -0.569. The molecule has 4 nitrogen and oxygen atoms in total. The Labute approximate surface area is 140 Å². The van der Waals surface area contributed by atoms with Gasteiger partial charge in [-0.1, -0.05) is 29.8 Å². The first kappa shape index (κ1) is 15.6. The van der Waals surface area contributed by atoms with E-state index in [9.17, 15) is 9.59 Å². The fourth-order valence-electron chi connectivity index (χ4n) is 2.74. The SMILES string of the molecule is Cc1ccc(C)c(N2C(=O)C[C@H](Nc3cccc(Cl)c3)C2=O)c1. The van der Waals surface area contributed by atoms with Gasteiger partial charge in [-0.05, 0) is 49.2 Å². The van der Waals surface area contributed by atoms with Crippen molar-refractivity contribution < 1.29 is 9.59 Å². The van der Waals surface area contributed by atoms with Gasteiger partial charge in [-0.25, -0.2) is 4.90 Å². The van der Waals surface area contributed by atoms with Crippen LogP contribution in [0.5, 0.6) is 0 Å². The van der Waals surface area contributed by atoms with E-state index in [0.717, 1.165) is 16.8 Å². The van der Waals surface area contributed by atoms with E-state index in [1.807, 2.05) is 38.1 Å². The Balaban J connectivity index is 1.87. The van der Waals surface area contributed by atoms with Crippen molar-refractivity contribution in [2.45, 2.75) is 26.3 Å². The molecule has 118 valence electrons. The van der Waals surface area contributed by atoms with Gasteiger partial charge in [-0.2, -0.15) is 0 Å². The van der Waals surface area contributed by atoms with Crippen molar-refractivity contribution in [3.05, 3.63) is 58.6 Å². The Morgan fingerprint density at radius 2 is 1.91 bits per heavy atom. The van der Waals surface area contributed by atoms with Crippen molar-refractivity contribution in [2.24, 2.45) is 0 Å². The normalized spacial score (nSPS) is 17.7. The molecule has 2 aromatic rings. The van der Waals surface area contributed by atoms with Crippen molar-refractivity contribution >= 4 is 34.8 Å². The van der Waals surface area contributed by atoms with Crippen LogP contribution in [0.4, 0.5) is 11.4 Å². The summed E-state index contributed by atoms with van der Waals surface area (Å²) in [4.78, 5) is 26.3. The fraction of sp³-hybridized carbons (Fsp3) is 0.222. The third-order valence-electron chi connectivity index (χ3n) is 3.92. The number of imide groups is 1. The lowest BCUT2D eigenvalue weighted by atomic mass is 10.1. The van der Waals surface area contributed by atoms with Crippen molar-refractivity contribution in [3.8, 4) is 0 Å². The van der Waals surface area contributed by atoms with Gasteiger partial charge in [-0.15, -0.1) is 0 Å². The second kappa shape index (κ2) is 6.05. The van der Waals surface area contributed by atoms with Crippen LogP contribution in [0.3, 0.4) is 0 Å². The summed E-state index contributed by atoms with van der Waals surface area (Å²) < 4.78 is 0. The number of hydrogen-bond donors (Lipinski definition) is 1. The van der Waals surface area contributed by atoms with E-state index in [1.54, 1.807) is 18.2 Å². The molecule has 1 N–H and O–H groups in total. The molecule has 1 atom stereocenters. The predicted molar refractivity (Wildman–Crippen MR) is 91.9 cm³/mol. The lowest BCUT2D eigenvalue weighted by molar-refractivity contribution is -0.121. The maximum Gasteiger partial charge on any atom is 0.256 e. The monoisotopic (exact) mass is 328 g/mol. The number of halogens is 1. The third kappa shape index (κ3) is 3.08. The topological polar surface area (TPSA) is 49.4 Å². The van der Waals surface area contributed by atoms with E-state index < -0.39 is 6.04 Å². The molecule has 0 radical (unpaired) electrons. The molecule has 3 rings (SSSR count). The summed E-state index contributed by atoms with van der Waals surface area (Å²) in [6.07, 6.45) is 0.138. The first-order valence-electron chi connectivity index (χ1n) is 7.42. The minimum Gasteiger partial charge on any atom is -0.373 e. The highest BCUT2D eigenvalue weighted by Gasteiger charge is 2.40. The van der Waals surface area contributed by atoms with E-state index in [0.29, 0.717) is 10.7 Å². The maximum atomic E-state index is 12.7. The second-order valence-electron chi connectivity index (χ2n) is 5.77. The number of hydrogen-bond acceptors (Lipinski definition) is 3. The van der Waals surface area contributed by atoms with E-state index >= 15 is 0 Å². The predicted octanol–water partition coefficient (Wildman–Crippen LogP) is 3.70. The van der Waals surface area contributed by atoms with Crippen LogP contribution in [0, 0.1) is 13.8 Å². The molecule has 1 fully saturated rings. The van der Waals surface area contributed by atoms with Crippen LogP contribution in [0.1, 0.15) is 17.5 Å². The summed E-state index contributed by atoms with van der Waals surface area (Å²) >= 11 is 5.96. The Bertz CT molecular complexity index is 788. The first-order chi connectivity index (χ1) is 11.0.